The van der Waals surface area contributed by atoms with Gasteiger partial charge in [0.15, 0.2) is 17.3 Å². The molecule has 0 saturated heterocycles. The second kappa shape index (κ2) is 14.2. The number of benzene rings is 4. The lowest BCUT2D eigenvalue weighted by molar-refractivity contribution is -0.113. The topological polar surface area (TPSA) is 93.7 Å². The van der Waals surface area contributed by atoms with Crippen LogP contribution in [0.25, 0.3) is 12.2 Å². The molecule has 0 fully saturated rings. The Labute approximate surface area is 253 Å². The molecule has 4 rings (SSSR count). The fourth-order valence-electron chi connectivity index (χ4n) is 3.96. The van der Waals surface area contributed by atoms with E-state index in [1.807, 2.05) is 0 Å². The van der Waals surface area contributed by atoms with E-state index < -0.39 is 11.8 Å². The number of carbonyl (C=O) groups is 3. The highest BCUT2D eigenvalue weighted by atomic mass is 35.5. The first-order chi connectivity index (χ1) is 20.3. The molecule has 0 aliphatic carbocycles. The van der Waals surface area contributed by atoms with Crippen LogP contribution in [0, 0.1) is 0 Å². The van der Waals surface area contributed by atoms with Crippen molar-refractivity contribution in [3.8, 4) is 11.5 Å². The molecular formula is C33H26Cl2N2O5. The lowest BCUT2D eigenvalue weighted by Crippen LogP contribution is -2.30. The molecule has 0 radical (unpaired) electrons. The van der Waals surface area contributed by atoms with E-state index in [0.29, 0.717) is 49.5 Å². The zero-order chi connectivity index (χ0) is 30.1. The summed E-state index contributed by atoms with van der Waals surface area (Å²) in [5, 5.41) is 6.01. The zero-order valence-electron chi connectivity index (χ0n) is 22.7. The average Bonchev–Trinajstić information content (AvgIpc) is 3.01. The van der Waals surface area contributed by atoms with Crippen molar-refractivity contribution >= 4 is 58.6 Å². The Morgan fingerprint density at radius 2 is 1.40 bits per heavy atom. The SMILES string of the molecule is COc1cccc(/C=C/C(=O)c2ccc(NC(=O)/C(=C/c3c(Cl)cccc3Cl)NC(=O)c3ccccc3)cc2)c1OC. The first kappa shape index (κ1) is 30.1. The number of rotatable bonds is 10. The maximum Gasteiger partial charge on any atom is 0.272 e. The number of nitrogens with one attached hydrogen (secondary N) is 2. The summed E-state index contributed by atoms with van der Waals surface area (Å²) >= 11 is 12.6. The first-order valence-electron chi connectivity index (χ1n) is 12.7. The second-order valence-corrected chi connectivity index (χ2v) is 9.64. The minimum Gasteiger partial charge on any atom is -0.493 e. The summed E-state index contributed by atoms with van der Waals surface area (Å²) in [6, 6.07) is 25.1. The molecule has 0 heterocycles. The van der Waals surface area contributed by atoms with Crippen LogP contribution in [0.5, 0.6) is 11.5 Å². The molecular weight excluding hydrogens is 575 g/mol. The minimum atomic E-state index is -0.612. The van der Waals surface area contributed by atoms with E-state index in [1.165, 1.54) is 19.3 Å². The lowest BCUT2D eigenvalue weighted by atomic mass is 10.1. The van der Waals surface area contributed by atoms with Crippen LogP contribution < -0.4 is 20.1 Å². The smallest absolute Gasteiger partial charge is 0.272 e. The molecule has 7 nitrogen and oxygen atoms in total. The van der Waals surface area contributed by atoms with E-state index in [2.05, 4.69) is 10.6 Å². The Morgan fingerprint density at radius 1 is 0.738 bits per heavy atom. The van der Waals surface area contributed by atoms with Gasteiger partial charge in [-0.05, 0) is 72.8 Å². The number of halogens is 2. The number of allylic oxidation sites excluding steroid dienone is 1. The van der Waals surface area contributed by atoms with Crippen molar-refractivity contribution in [2.24, 2.45) is 0 Å². The molecule has 2 N–H and O–H groups in total. The average molecular weight is 601 g/mol. The third-order valence-electron chi connectivity index (χ3n) is 6.09. The van der Waals surface area contributed by atoms with Gasteiger partial charge in [-0.25, -0.2) is 0 Å². The van der Waals surface area contributed by atoms with Crippen LogP contribution >= 0.6 is 23.2 Å². The molecule has 4 aromatic carbocycles. The lowest BCUT2D eigenvalue weighted by Gasteiger charge is -2.12. The maximum absolute atomic E-state index is 13.3. The van der Waals surface area contributed by atoms with Crippen molar-refractivity contribution in [1.29, 1.82) is 0 Å². The predicted molar refractivity (Wildman–Crippen MR) is 166 cm³/mol. The van der Waals surface area contributed by atoms with Gasteiger partial charge in [-0.15, -0.1) is 0 Å². The van der Waals surface area contributed by atoms with Gasteiger partial charge in [-0.3, -0.25) is 14.4 Å². The van der Waals surface area contributed by atoms with Gasteiger partial charge in [0.1, 0.15) is 5.70 Å². The quantitative estimate of drug-likeness (QED) is 0.147. The van der Waals surface area contributed by atoms with E-state index in [-0.39, 0.29) is 11.5 Å². The van der Waals surface area contributed by atoms with Crippen molar-refractivity contribution in [3.63, 3.8) is 0 Å². The molecule has 0 unspecified atom stereocenters. The van der Waals surface area contributed by atoms with Gasteiger partial charge >= 0.3 is 0 Å². The number of anilines is 1. The van der Waals surface area contributed by atoms with Gasteiger partial charge < -0.3 is 20.1 Å². The Balaban J connectivity index is 1.53. The third kappa shape index (κ3) is 7.46. The van der Waals surface area contributed by atoms with Gasteiger partial charge in [0, 0.05) is 38.0 Å². The van der Waals surface area contributed by atoms with Gasteiger partial charge in [0.05, 0.1) is 14.2 Å². The summed E-state index contributed by atoms with van der Waals surface area (Å²) in [6.45, 7) is 0. The third-order valence-corrected chi connectivity index (χ3v) is 6.75. The summed E-state index contributed by atoms with van der Waals surface area (Å²) in [5.74, 6) is -0.275. The maximum atomic E-state index is 13.3. The van der Waals surface area contributed by atoms with Crippen LogP contribution in [0.15, 0.2) is 103 Å². The van der Waals surface area contributed by atoms with Gasteiger partial charge in [0.2, 0.25) is 0 Å². The number of carbonyl (C=O) groups excluding carboxylic acids is 3. The number of hydrogen-bond donors (Lipinski definition) is 2. The number of ether oxygens (including phenoxy) is 2. The molecule has 212 valence electrons. The van der Waals surface area contributed by atoms with Crippen molar-refractivity contribution in [3.05, 3.63) is 135 Å². The molecule has 2 amide bonds. The standard InChI is InChI=1S/C33H26Cl2N2O5/c1-41-30-13-6-10-22(31(30)42-2)16-19-29(38)21-14-17-24(18-15-21)36-33(40)28(20-25-26(34)11-7-12-27(25)35)37-32(39)23-8-4-3-5-9-23/h3-20H,1-2H3,(H,36,40)(H,37,39)/b19-16+,28-20-. The normalized spacial score (nSPS) is 11.2. The number of amides is 2. The van der Waals surface area contributed by atoms with Crippen LogP contribution in [-0.2, 0) is 4.79 Å². The molecule has 9 heteroatoms. The van der Waals surface area contributed by atoms with Crippen molar-refractivity contribution in [1.82, 2.24) is 5.32 Å². The molecule has 0 saturated carbocycles. The van der Waals surface area contributed by atoms with Crippen molar-refractivity contribution < 1.29 is 23.9 Å². The summed E-state index contributed by atoms with van der Waals surface area (Å²) < 4.78 is 10.7. The van der Waals surface area contributed by atoms with Crippen molar-refractivity contribution in [2.45, 2.75) is 0 Å². The monoisotopic (exact) mass is 600 g/mol. The molecule has 0 spiro atoms. The van der Waals surface area contributed by atoms with E-state index in [1.54, 1.807) is 104 Å². The van der Waals surface area contributed by atoms with Crippen LogP contribution in [0.3, 0.4) is 0 Å². The Kier molecular flexibility index (Phi) is 10.2. The Hall–Kier alpha value is -4.85. The summed E-state index contributed by atoms with van der Waals surface area (Å²) in [7, 11) is 3.07. The fourth-order valence-corrected chi connectivity index (χ4v) is 4.46. The first-order valence-corrected chi connectivity index (χ1v) is 13.4. The van der Waals surface area contributed by atoms with Crippen molar-refractivity contribution in [2.75, 3.05) is 19.5 Å². The molecule has 0 aliphatic heterocycles. The number of para-hydroxylation sites is 1. The second-order valence-electron chi connectivity index (χ2n) is 8.83. The van der Waals surface area contributed by atoms with E-state index in [0.717, 1.165) is 0 Å². The summed E-state index contributed by atoms with van der Waals surface area (Å²) in [4.78, 5) is 39.0. The van der Waals surface area contributed by atoms with Gasteiger partial charge in [-0.1, -0.05) is 59.6 Å². The van der Waals surface area contributed by atoms with Crippen LogP contribution in [-0.4, -0.2) is 31.8 Å². The molecule has 0 aliphatic rings. The fraction of sp³-hybridized carbons (Fsp3) is 0.0606. The van der Waals surface area contributed by atoms with Gasteiger partial charge in [-0.2, -0.15) is 0 Å². The molecule has 0 aromatic heterocycles. The van der Waals surface area contributed by atoms with Crippen LogP contribution in [0.4, 0.5) is 5.69 Å². The number of ketones is 1. The molecule has 42 heavy (non-hydrogen) atoms. The number of methoxy groups -OCH3 is 2. The summed E-state index contributed by atoms with van der Waals surface area (Å²) in [5.41, 5.74) is 2.16. The highest BCUT2D eigenvalue weighted by Gasteiger charge is 2.17. The Bertz CT molecular complexity index is 1650. The highest BCUT2D eigenvalue weighted by Crippen LogP contribution is 2.31. The van der Waals surface area contributed by atoms with E-state index in [4.69, 9.17) is 32.7 Å². The molecule has 0 atom stereocenters. The van der Waals surface area contributed by atoms with E-state index >= 15 is 0 Å². The number of hydrogen-bond acceptors (Lipinski definition) is 5. The Morgan fingerprint density at radius 3 is 2.05 bits per heavy atom. The molecule has 0 bridgehead atoms. The zero-order valence-corrected chi connectivity index (χ0v) is 24.2. The highest BCUT2D eigenvalue weighted by molar-refractivity contribution is 6.37. The largest absolute Gasteiger partial charge is 0.493 e. The molecule has 4 aromatic rings. The van der Waals surface area contributed by atoms with Crippen LogP contribution in [0.1, 0.15) is 31.8 Å². The minimum absolute atomic E-state index is 0.0748. The van der Waals surface area contributed by atoms with E-state index in [9.17, 15) is 14.4 Å². The van der Waals surface area contributed by atoms with Gasteiger partial charge in [0.25, 0.3) is 11.8 Å². The van der Waals surface area contributed by atoms with Crippen LogP contribution in [0.2, 0.25) is 10.0 Å². The predicted octanol–water partition coefficient (Wildman–Crippen LogP) is 7.32. The summed E-state index contributed by atoms with van der Waals surface area (Å²) in [6.07, 6.45) is 4.49.